The second kappa shape index (κ2) is 7.80. The zero-order chi connectivity index (χ0) is 13.5. The number of carbonyl (C=O) groups excluding carboxylic acids is 1. The first-order valence-corrected chi connectivity index (χ1v) is 7.59. The van der Waals surface area contributed by atoms with Gasteiger partial charge in [-0.15, -0.1) is 11.6 Å². The number of carbonyl (C=O) groups is 1. The maximum absolute atomic E-state index is 12.5. The molecule has 0 aliphatic heterocycles. The molecule has 0 aliphatic rings. The van der Waals surface area contributed by atoms with E-state index in [1.807, 2.05) is 29.2 Å². The normalized spacial score (nSPS) is 10.7. The Labute approximate surface area is 122 Å². The minimum absolute atomic E-state index is 0.0665. The Kier molecular flexibility index (Phi) is 6.72. The number of hydrogen-bond acceptors (Lipinski definition) is 1. The molecule has 4 heteroatoms. The smallest absolute Gasteiger partial charge is 0.254 e. The molecule has 0 unspecified atom stereocenters. The Morgan fingerprint density at radius 3 is 2.28 bits per heavy atom. The summed E-state index contributed by atoms with van der Waals surface area (Å²) in [5.41, 5.74) is 0.718. The molecule has 0 saturated heterocycles. The highest BCUT2D eigenvalue weighted by atomic mass is 79.9. The quantitative estimate of drug-likeness (QED) is 0.710. The number of alkyl halides is 1. The molecule has 1 aromatic rings. The molecule has 1 rings (SSSR count). The highest BCUT2D eigenvalue weighted by Gasteiger charge is 2.21. The second-order valence-corrected chi connectivity index (χ2v) is 5.46. The van der Waals surface area contributed by atoms with E-state index >= 15 is 0 Å². The molecular weight excluding hydrogens is 314 g/mol. The standard InChI is InChI=1S/C14H19BrClNO/c1-3-13(4-2)17(10-9-16)14(18)11-5-7-12(15)8-6-11/h5-8,13H,3-4,9-10H2,1-2H3. The average molecular weight is 333 g/mol. The van der Waals surface area contributed by atoms with Crippen molar-refractivity contribution in [1.82, 2.24) is 4.90 Å². The van der Waals surface area contributed by atoms with Crippen LogP contribution in [-0.2, 0) is 0 Å². The van der Waals surface area contributed by atoms with E-state index in [1.54, 1.807) is 0 Å². The predicted octanol–water partition coefficient (Wildman–Crippen LogP) is 4.32. The predicted molar refractivity (Wildman–Crippen MR) is 80.3 cm³/mol. The third kappa shape index (κ3) is 3.99. The van der Waals surface area contributed by atoms with Gasteiger partial charge in [-0.3, -0.25) is 4.79 Å². The fourth-order valence-corrected chi connectivity index (χ4v) is 2.48. The number of hydrogen-bond donors (Lipinski definition) is 0. The van der Waals surface area contributed by atoms with Gasteiger partial charge in [-0.25, -0.2) is 0 Å². The molecule has 100 valence electrons. The van der Waals surface area contributed by atoms with E-state index in [1.165, 1.54) is 0 Å². The molecule has 0 radical (unpaired) electrons. The summed E-state index contributed by atoms with van der Waals surface area (Å²) in [6, 6.07) is 7.73. The van der Waals surface area contributed by atoms with Crippen molar-refractivity contribution >= 4 is 33.4 Å². The lowest BCUT2D eigenvalue weighted by Crippen LogP contribution is -2.41. The summed E-state index contributed by atoms with van der Waals surface area (Å²) in [5.74, 6) is 0.538. The Morgan fingerprint density at radius 1 is 1.28 bits per heavy atom. The molecule has 0 atom stereocenters. The van der Waals surface area contributed by atoms with Crippen LogP contribution in [0.4, 0.5) is 0 Å². The Hall–Kier alpha value is -0.540. The minimum Gasteiger partial charge on any atom is -0.334 e. The van der Waals surface area contributed by atoms with Gasteiger partial charge < -0.3 is 4.90 Å². The summed E-state index contributed by atoms with van der Waals surface area (Å²) in [7, 11) is 0. The fraction of sp³-hybridized carbons (Fsp3) is 0.500. The maximum Gasteiger partial charge on any atom is 0.254 e. The summed E-state index contributed by atoms with van der Waals surface area (Å²) in [5, 5.41) is 0. The van der Waals surface area contributed by atoms with Gasteiger partial charge in [-0.05, 0) is 37.1 Å². The maximum atomic E-state index is 12.5. The van der Waals surface area contributed by atoms with Crippen LogP contribution in [0, 0.1) is 0 Å². The van der Waals surface area contributed by atoms with Crippen LogP contribution < -0.4 is 0 Å². The topological polar surface area (TPSA) is 20.3 Å². The molecule has 1 amide bonds. The molecule has 0 fully saturated rings. The van der Waals surface area contributed by atoms with E-state index in [4.69, 9.17) is 11.6 Å². The van der Waals surface area contributed by atoms with Crippen molar-refractivity contribution in [1.29, 1.82) is 0 Å². The summed E-state index contributed by atoms with van der Waals surface area (Å²) >= 11 is 9.18. The third-order valence-electron chi connectivity index (χ3n) is 3.06. The lowest BCUT2D eigenvalue weighted by Gasteiger charge is -2.30. The van der Waals surface area contributed by atoms with Crippen molar-refractivity contribution in [3.05, 3.63) is 34.3 Å². The van der Waals surface area contributed by atoms with Gasteiger partial charge in [0.15, 0.2) is 0 Å². The first kappa shape index (κ1) is 15.5. The summed E-state index contributed by atoms with van der Waals surface area (Å²) in [4.78, 5) is 14.3. The summed E-state index contributed by atoms with van der Waals surface area (Å²) in [6.07, 6.45) is 1.91. The molecule has 0 heterocycles. The Morgan fingerprint density at radius 2 is 1.83 bits per heavy atom. The number of rotatable bonds is 6. The van der Waals surface area contributed by atoms with E-state index in [0.717, 1.165) is 22.9 Å². The lowest BCUT2D eigenvalue weighted by molar-refractivity contribution is 0.0681. The van der Waals surface area contributed by atoms with Crippen LogP contribution in [0.1, 0.15) is 37.0 Å². The van der Waals surface area contributed by atoms with Gasteiger partial charge in [0.1, 0.15) is 0 Å². The lowest BCUT2D eigenvalue weighted by atomic mass is 10.1. The molecule has 0 spiro atoms. The van der Waals surface area contributed by atoms with Crippen LogP contribution in [-0.4, -0.2) is 29.3 Å². The van der Waals surface area contributed by atoms with E-state index in [0.29, 0.717) is 12.4 Å². The number of amides is 1. The zero-order valence-corrected chi connectivity index (χ0v) is 13.2. The van der Waals surface area contributed by atoms with E-state index in [-0.39, 0.29) is 11.9 Å². The highest BCUT2D eigenvalue weighted by molar-refractivity contribution is 9.10. The molecule has 0 saturated carbocycles. The molecule has 18 heavy (non-hydrogen) atoms. The van der Waals surface area contributed by atoms with Gasteiger partial charge in [-0.1, -0.05) is 29.8 Å². The Balaban J connectivity index is 2.91. The van der Waals surface area contributed by atoms with Gasteiger partial charge in [0.25, 0.3) is 5.91 Å². The van der Waals surface area contributed by atoms with E-state index in [2.05, 4.69) is 29.8 Å². The molecule has 0 aromatic heterocycles. The monoisotopic (exact) mass is 331 g/mol. The van der Waals surface area contributed by atoms with Crippen LogP contribution in [0.15, 0.2) is 28.7 Å². The van der Waals surface area contributed by atoms with Gasteiger partial charge in [0, 0.05) is 28.5 Å². The minimum atomic E-state index is 0.0665. The average Bonchev–Trinajstić information content (AvgIpc) is 2.39. The first-order chi connectivity index (χ1) is 8.63. The van der Waals surface area contributed by atoms with Crippen molar-refractivity contribution in [3.8, 4) is 0 Å². The molecule has 2 nitrogen and oxygen atoms in total. The van der Waals surface area contributed by atoms with Crippen LogP contribution in [0.3, 0.4) is 0 Å². The van der Waals surface area contributed by atoms with Gasteiger partial charge in [0.05, 0.1) is 0 Å². The van der Waals surface area contributed by atoms with Crippen LogP contribution in [0.25, 0.3) is 0 Å². The van der Waals surface area contributed by atoms with Crippen molar-refractivity contribution in [2.75, 3.05) is 12.4 Å². The zero-order valence-electron chi connectivity index (χ0n) is 10.8. The number of benzene rings is 1. The number of nitrogens with zero attached hydrogens (tertiary/aromatic N) is 1. The SMILES string of the molecule is CCC(CC)N(CCCl)C(=O)c1ccc(Br)cc1. The molecular formula is C14H19BrClNO. The first-order valence-electron chi connectivity index (χ1n) is 6.26. The van der Waals surface area contributed by atoms with Crippen molar-refractivity contribution in [2.24, 2.45) is 0 Å². The van der Waals surface area contributed by atoms with Crippen LogP contribution in [0.5, 0.6) is 0 Å². The molecule has 0 bridgehead atoms. The van der Waals surface area contributed by atoms with Crippen LogP contribution in [0.2, 0.25) is 0 Å². The Bertz CT molecular complexity index is 376. The van der Waals surface area contributed by atoms with Gasteiger partial charge >= 0.3 is 0 Å². The van der Waals surface area contributed by atoms with Crippen molar-refractivity contribution in [3.63, 3.8) is 0 Å². The number of halogens is 2. The molecule has 0 aliphatic carbocycles. The van der Waals surface area contributed by atoms with Gasteiger partial charge in [-0.2, -0.15) is 0 Å². The van der Waals surface area contributed by atoms with E-state index < -0.39 is 0 Å². The highest BCUT2D eigenvalue weighted by Crippen LogP contribution is 2.16. The van der Waals surface area contributed by atoms with Crippen LogP contribution >= 0.6 is 27.5 Å². The molecule has 1 aromatic carbocycles. The van der Waals surface area contributed by atoms with E-state index in [9.17, 15) is 4.79 Å². The van der Waals surface area contributed by atoms with Gasteiger partial charge in [0.2, 0.25) is 0 Å². The third-order valence-corrected chi connectivity index (χ3v) is 3.76. The second-order valence-electron chi connectivity index (χ2n) is 4.16. The summed E-state index contributed by atoms with van der Waals surface area (Å²) < 4.78 is 0.977. The molecule has 0 N–H and O–H groups in total. The fourth-order valence-electron chi connectivity index (χ4n) is 2.03. The summed E-state index contributed by atoms with van der Waals surface area (Å²) in [6.45, 7) is 4.80. The van der Waals surface area contributed by atoms with Crippen molar-refractivity contribution in [2.45, 2.75) is 32.7 Å². The van der Waals surface area contributed by atoms with Crippen molar-refractivity contribution < 1.29 is 4.79 Å². The largest absolute Gasteiger partial charge is 0.334 e.